The molecule has 3 rings (SSSR count). The number of carbonyl (C=O) groups is 1. The quantitative estimate of drug-likeness (QED) is 0.267. The molecule has 0 bridgehead atoms. The van der Waals surface area contributed by atoms with Gasteiger partial charge in [0.25, 0.3) is 0 Å². The number of likely N-dealkylation sites (N-methyl/N-ethyl adjacent to an activating group) is 2. The first-order valence-electron chi connectivity index (χ1n) is 11.9. The lowest BCUT2D eigenvalue weighted by molar-refractivity contribution is -0.127. The van der Waals surface area contributed by atoms with Crippen LogP contribution in [0.1, 0.15) is 30.9 Å². The van der Waals surface area contributed by atoms with Gasteiger partial charge in [-0.2, -0.15) is 0 Å². The summed E-state index contributed by atoms with van der Waals surface area (Å²) < 4.78 is 5.48. The van der Waals surface area contributed by atoms with Crippen LogP contribution >= 0.6 is 24.0 Å². The van der Waals surface area contributed by atoms with E-state index in [9.17, 15) is 4.79 Å². The molecular formula is C24H41IN6O2. The number of hydrogen-bond acceptors (Lipinski definition) is 5. The van der Waals surface area contributed by atoms with Crippen molar-refractivity contribution in [1.82, 2.24) is 25.3 Å². The molecule has 8 nitrogen and oxygen atoms in total. The van der Waals surface area contributed by atoms with Crippen molar-refractivity contribution >= 4 is 35.8 Å². The van der Waals surface area contributed by atoms with Crippen LogP contribution in [-0.2, 0) is 22.6 Å². The zero-order valence-corrected chi connectivity index (χ0v) is 22.7. The van der Waals surface area contributed by atoms with Crippen molar-refractivity contribution in [3.63, 3.8) is 0 Å². The first-order valence-corrected chi connectivity index (χ1v) is 11.9. The average Bonchev–Trinajstić information content (AvgIpc) is 3.27. The first kappa shape index (κ1) is 27.8. The van der Waals surface area contributed by atoms with Gasteiger partial charge < -0.3 is 20.3 Å². The summed E-state index contributed by atoms with van der Waals surface area (Å²) in [6.07, 6.45) is 2.45. The van der Waals surface area contributed by atoms with Crippen LogP contribution in [0.25, 0.3) is 0 Å². The number of rotatable bonds is 9. The lowest BCUT2D eigenvalue weighted by atomic mass is 10.1. The summed E-state index contributed by atoms with van der Waals surface area (Å²) in [6, 6.07) is 9.02. The molecule has 1 amide bonds. The molecule has 33 heavy (non-hydrogen) atoms. The number of nitrogens with one attached hydrogen (secondary N) is 2. The van der Waals surface area contributed by atoms with E-state index in [4.69, 9.17) is 9.73 Å². The fourth-order valence-corrected chi connectivity index (χ4v) is 4.28. The van der Waals surface area contributed by atoms with Crippen LogP contribution in [0.2, 0.25) is 0 Å². The van der Waals surface area contributed by atoms with Gasteiger partial charge in [-0.3, -0.25) is 14.6 Å². The van der Waals surface area contributed by atoms with E-state index in [2.05, 4.69) is 51.6 Å². The SMILES string of the molecule is CCN1CCCC1CNC(=NCc1ccccc1CN1CCOCC1)NCC(=O)N(C)C.I. The predicted octanol–water partition coefficient (Wildman–Crippen LogP) is 1.74. The molecule has 2 aliphatic rings. The highest BCUT2D eigenvalue weighted by atomic mass is 127. The highest BCUT2D eigenvalue weighted by Crippen LogP contribution is 2.16. The lowest BCUT2D eigenvalue weighted by Gasteiger charge is -2.27. The third-order valence-electron chi connectivity index (χ3n) is 6.34. The molecule has 1 atom stereocenters. The highest BCUT2D eigenvalue weighted by Gasteiger charge is 2.23. The number of hydrogen-bond donors (Lipinski definition) is 2. The number of ether oxygens (including phenoxy) is 1. The second-order valence-corrected chi connectivity index (χ2v) is 8.77. The van der Waals surface area contributed by atoms with Crippen molar-refractivity contribution in [2.24, 2.45) is 4.99 Å². The van der Waals surface area contributed by atoms with Gasteiger partial charge in [0.05, 0.1) is 26.3 Å². The van der Waals surface area contributed by atoms with Crippen LogP contribution in [0.4, 0.5) is 0 Å². The number of likely N-dealkylation sites (tertiary alicyclic amines) is 1. The number of amides is 1. The smallest absolute Gasteiger partial charge is 0.241 e. The van der Waals surface area contributed by atoms with Gasteiger partial charge in [-0.15, -0.1) is 24.0 Å². The van der Waals surface area contributed by atoms with Crippen molar-refractivity contribution in [3.8, 4) is 0 Å². The van der Waals surface area contributed by atoms with Gasteiger partial charge in [-0.25, -0.2) is 4.99 Å². The lowest BCUT2D eigenvalue weighted by Crippen LogP contribution is -2.47. The predicted molar refractivity (Wildman–Crippen MR) is 144 cm³/mol. The van der Waals surface area contributed by atoms with Gasteiger partial charge in [0.2, 0.25) is 5.91 Å². The Morgan fingerprint density at radius 1 is 1.15 bits per heavy atom. The molecule has 2 aliphatic heterocycles. The standard InChI is InChI=1S/C24H40N6O2.HI/c1-4-30-11-7-10-22(30)17-26-24(27-18-23(31)28(2)3)25-16-20-8-5-6-9-21(20)19-29-12-14-32-15-13-29;/h5-6,8-9,22H,4,7,10-19H2,1-3H3,(H2,25,26,27);1H. The Hall–Kier alpha value is -1.43. The van der Waals surface area contributed by atoms with Crippen molar-refractivity contribution in [2.45, 2.75) is 38.9 Å². The number of carbonyl (C=O) groups excluding carboxylic acids is 1. The van der Waals surface area contributed by atoms with Gasteiger partial charge in [0.15, 0.2) is 5.96 Å². The van der Waals surface area contributed by atoms with E-state index < -0.39 is 0 Å². The zero-order valence-electron chi connectivity index (χ0n) is 20.4. The number of nitrogens with zero attached hydrogens (tertiary/aromatic N) is 4. The van der Waals surface area contributed by atoms with Crippen molar-refractivity contribution in [1.29, 1.82) is 0 Å². The largest absolute Gasteiger partial charge is 0.379 e. The van der Waals surface area contributed by atoms with E-state index in [1.807, 2.05) is 0 Å². The summed E-state index contributed by atoms with van der Waals surface area (Å²) in [5.74, 6) is 0.729. The fraction of sp³-hybridized carbons (Fsp3) is 0.667. The molecule has 2 heterocycles. The van der Waals surface area contributed by atoms with Crippen LogP contribution in [0.3, 0.4) is 0 Å². The normalized spacial score (nSPS) is 19.7. The fourth-order valence-electron chi connectivity index (χ4n) is 4.28. The zero-order chi connectivity index (χ0) is 22.8. The molecule has 0 spiro atoms. The Bertz CT molecular complexity index is 754. The number of morpholine rings is 1. The summed E-state index contributed by atoms with van der Waals surface area (Å²) in [6.45, 7) is 10.5. The molecule has 2 fully saturated rings. The molecule has 2 N–H and O–H groups in total. The van der Waals surface area contributed by atoms with Crippen LogP contribution in [0.15, 0.2) is 29.3 Å². The van der Waals surface area contributed by atoms with E-state index in [0.29, 0.717) is 18.5 Å². The molecule has 1 aromatic rings. The van der Waals surface area contributed by atoms with Crippen LogP contribution in [0.5, 0.6) is 0 Å². The third kappa shape index (κ3) is 9.03. The first-order chi connectivity index (χ1) is 15.6. The summed E-state index contributed by atoms with van der Waals surface area (Å²) >= 11 is 0. The van der Waals surface area contributed by atoms with Crippen molar-refractivity contribution in [3.05, 3.63) is 35.4 Å². The van der Waals surface area contributed by atoms with Crippen LogP contribution in [-0.4, -0.2) is 99.2 Å². The minimum atomic E-state index is 0. The monoisotopic (exact) mass is 572 g/mol. The number of guanidine groups is 1. The van der Waals surface area contributed by atoms with Crippen LogP contribution in [0, 0.1) is 0 Å². The molecule has 1 unspecified atom stereocenters. The van der Waals surface area contributed by atoms with E-state index in [0.717, 1.165) is 52.5 Å². The summed E-state index contributed by atoms with van der Waals surface area (Å²) in [7, 11) is 3.54. The van der Waals surface area contributed by atoms with E-state index in [-0.39, 0.29) is 36.4 Å². The van der Waals surface area contributed by atoms with Gasteiger partial charge in [0, 0.05) is 46.3 Å². The van der Waals surface area contributed by atoms with Gasteiger partial charge >= 0.3 is 0 Å². The molecule has 1 aromatic carbocycles. The number of halogens is 1. The Morgan fingerprint density at radius 2 is 1.88 bits per heavy atom. The molecular weight excluding hydrogens is 531 g/mol. The van der Waals surface area contributed by atoms with E-state index in [1.54, 1.807) is 19.0 Å². The minimum absolute atomic E-state index is 0. The van der Waals surface area contributed by atoms with Gasteiger partial charge in [-0.1, -0.05) is 31.2 Å². The molecule has 0 aromatic heterocycles. The molecule has 0 radical (unpaired) electrons. The molecule has 0 aliphatic carbocycles. The average molecular weight is 573 g/mol. The Kier molecular flexibility index (Phi) is 12.4. The Labute approximate surface area is 216 Å². The second kappa shape index (κ2) is 14.7. The Balaban J connectivity index is 0.00000385. The summed E-state index contributed by atoms with van der Waals surface area (Å²) in [4.78, 5) is 23.5. The second-order valence-electron chi connectivity index (χ2n) is 8.77. The molecule has 9 heteroatoms. The Morgan fingerprint density at radius 3 is 2.58 bits per heavy atom. The van der Waals surface area contributed by atoms with E-state index >= 15 is 0 Å². The van der Waals surface area contributed by atoms with Gasteiger partial charge in [0.1, 0.15) is 0 Å². The maximum atomic E-state index is 12.1. The number of aliphatic imine (C=N–C) groups is 1. The van der Waals surface area contributed by atoms with Crippen molar-refractivity contribution < 1.29 is 9.53 Å². The molecule has 0 saturated carbocycles. The van der Waals surface area contributed by atoms with Crippen molar-refractivity contribution in [2.75, 3.05) is 66.6 Å². The summed E-state index contributed by atoms with van der Waals surface area (Å²) in [5.41, 5.74) is 2.52. The summed E-state index contributed by atoms with van der Waals surface area (Å²) in [5, 5.41) is 6.72. The highest BCUT2D eigenvalue weighted by molar-refractivity contribution is 14.0. The van der Waals surface area contributed by atoms with Crippen LogP contribution < -0.4 is 10.6 Å². The maximum Gasteiger partial charge on any atom is 0.241 e. The van der Waals surface area contributed by atoms with E-state index in [1.165, 1.54) is 24.0 Å². The maximum absolute atomic E-state index is 12.1. The minimum Gasteiger partial charge on any atom is -0.379 e. The molecule has 2 saturated heterocycles. The third-order valence-corrected chi connectivity index (χ3v) is 6.34. The molecule has 186 valence electrons. The number of benzene rings is 1. The topological polar surface area (TPSA) is 72.4 Å². The van der Waals surface area contributed by atoms with Gasteiger partial charge in [-0.05, 0) is 37.1 Å².